The minimum atomic E-state index is -0.972. The standard InChI is InChI=1S/C25H17ClN4O7/c26-20-3-1-2-4-21(20)27-22(31)14-37-18-11-5-15(6-12-18)13-19-23(32)28-25(34)29(24(19)33)16-7-9-17(10-8-16)30(35)36/h1-13H,14H2,(H,27,31)(H,28,32,34)/b19-13-. The smallest absolute Gasteiger partial charge is 0.335 e. The Morgan fingerprint density at radius 1 is 1.03 bits per heavy atom. The summed E-state index contributed by atoms with van der Waals surface area (Å²) in [6.45, 7) is -0.279. The van der Waals surface area contributed by atoms with Gasteiger partial charge in [0.1, 0.15) is 11.3 Å². The molecule has 186 valence electrons. The predicted octanol–water partition coefficient (Wildman–Crippen LogP) is 3.93. The quantitative estimate of drug-likeness (QED) is 0.207. The fraction of sp³-hybridized carbons (Fsp3) is 0.0400. The number of rotatable bonds is 7. The van der Waals surface area contributed by atoms with Gasteiger partial charge in [-0.1, -0.05) is 35.9 Å². The molecule has 1 saturated heterocycles. The molecule has 0 spiro atoms. The molecule has 0 aliphatic carbocycles. The van der Waals surface area contributed by atoms with Crippen LogP contribution in [0.15, 0.2) is 78.4 Å². The number of urea groups is 1. The summed E-state index contributed by atoms with van der Waals surface area (Å²) in [5, 5.41) is 16.0. The van der Waals surface area contributed by atoms with Crippen molar-refractivity contribution in [3.63, 3.8) is 0 Å². The lowest BCUT2D eigenvalue weighted by Gasteiger charge is -2.26. The number of nitrogens with one attached hydrogen (secondary N) is 2. The third kappa shape index (κ3) is 5.80. The summed E-state index contributed by atoms with van der Waals surface area (Å²) < 4.78 is 5.46. The molecule has 5 amide bonds. The Kier molecular flexibility index (Phi) is 7.26. The SMILES string of the molecule is O=C(COc1ccc(/C=C2/C(=O)NC(=O)N(c3ccc([N+](=O)[O-])cc3)C2=O)cc1)Nc1ccccc1Cl. The second kappa shape index (κ2) is 10.7. The van der Waals surface area contributed by atoms with Crippen LogP contribution in [0.3, 0.4) is 0 Å². The first-order chi connectivity index (χ1) is 17.7. The molecule has 1 aliphatic heterocycles. The molecule has 11 nitrogen and oxygen atoms in total. The van der Waals surface area contributed by atoms with E-state index in [4.69, 9.17) is 16.3 Å². The maximum atomic E-state index is 13.0. The number of barbiturate groups is 1. The average Bonchev–Trinajstić information content (AvgIpc) is 2.87. The van der Waals surface area contributed by atoms with Crippen LogP contribution in [0.4, 0.5) is 21.9 Å². The number of nitrogens with zero attached hydrogens (tertiary/aromatic N) is 2. The number of benzene rings is 3. The van der Waals surface area contributed by atoms with Crippen LogP contribution in [0.5, 0.6) is 5.75 Å². The Morgan fingerprint density at radius 2 is 1.70 bits per heavy atom. The van der Waals surface area contributed by atoms with Crippen molar-refractivity contribution >= 4 is 58.5 Å². The highest BCUT2D eigenvalue weighted by Gasteiger charge is 2.36. The van der Waals surface area contributed by atoms with Crippen molar-refractivity contribution in [3.8, 4) is 5.75 Å². The summed E-state index contributed by atoms with van der Waals surface area (Å²) >= 11 is 6.01. The fourth-order valence-corrected chi connectivity index (χ4v) is 3.52. The van der Waals surface area contributed by atoms with Crippen molar-refractivity contribution in [2.75, 3.05) is 16.8 Å². The number of amides is 5. The lowest BCUT2D eigenvalue weighted by atomic mass is 10.1. The molecular formula is C25H17ClN4O7. The van der Waals surface area contributed by atoms with E-state index in [2.05, 4.69) is 10.6 Å². The van der Waals surface area contributed by atoms with Crippen LogP contribution in [0.1, 0.15) is 5.56 Å². The van der Waals surface area contributed by atoms with Crippen molar-refractivity contribution in [3.05, 3.63) is 99.1 Å². The second-order valence-electron chi connectivity index (χ2n) is 7.62. The topological polar surface area (TPSA) is 148 Å². The number of carbonyl (C=O) groups is 4. The van der Waals surface area contributed by atoms with E-state index in [1.165, 1.54) is 18.2 Å². The number of non-ortho nitro benzene ring substituents is 1. The van der Waals surface area contributed by atoms with Crippen molar-refractivity contribution in [1.82, 2.24) is 5.32 Å². The minimum absolute atomic E-state index is 0.0605. The number of para-hydroxylation sites is 1. The molecule has 0 aromatic heterocycles. The Hall–Kier alpha value is -5.03. The molecule has 3 aromatic carbocycles. The molecule has 0 bridgehead atoms. The van der Waals surface area contributed by atoms with Gasteiger partial charge >= 0.3 is 6.03 Å². The fourth-order valence-electron chi connectivity index (χ4n) is 3.34. The number of hydrogen-bond donors (Lipinski definition) is 2. The van der Waals surface area contributed by atoms with Crippen molar-refractivity contribution < 1.29 is 28.8 Å². The van der Waals surface area contributed by atoms with Crippen LogP contribution in [0.25, 0.3) is 6.08 Å². The van der Waals surface area contributed by atoms with Gasteiger partial charge in [-0.05, 0) is 48.0 Å². The van der Waals surface area contributed by atoms with E-state index < -0.39 is 28.7 Å². The zero-order valence-corrected chi connectivity index (χ0v) is 19.6. The van der Waals surface area contributed by atoms with Crippen LogP contribution in [-0.2, 0) is 14.4 Å². The number of nitro groups is 1. The van der Waals surface area contributed by atoms with E-state index in [9.17, 15) is 29.3 Å². The van der Waals surface area contributed by atoms with Crippen LogP contribution >= 0.6 is 11.6 Å². The molecule has 37 heavy (non-hydrogen) atoms. The predicted molar refractivity (Wildman–Crippen MR) is 134 cm³/mol. The van der Waals surface area contributed by atoms with Gasteiger partial charge in [0.2, 0.25) is 0 Å². The second-order valence-corrected chi connectivity index (χ2v) is 8.02. The molecule has 0 saturated carbocycles. The Morgan fingerprint density at radius 3 is 2.35 bits per heavy atom. The lowest BCUT2D eigenvalue weighted by molar-refractivity contribution is -0.384. The van der Waals surface area contributed by atoms with E-state index >= 15 is 0 Å². The zero-order valence-electron chi connectivity index (χ0n) is 18.8. The molecule has 0 radical (unpaired) electrons. The van der Waals surface area contributed by atoms with E-state index in [0.29, 0.717) is 26.9 Å². The van der Waals surface area contributed by atoms with Crippen LogP contribution in [0.2, 0.25) is 5.02 Å². The van der Waals surface area contributed by atoms with Gasteiger partial charge in [-0.2, -0.15) is 0 Å². The molecule has 1 aliphatic rings. The molecule has 2 N–H and O–H groups in total. The Bertz CT molecular complexity index is 1440. The van der Waals surface area contributed by atoms with Gasteiger partial charge in [0.15, 0.2) is 6.61 Å². The molecule has 1 heterocycles. The largest absolute Gasteiger partial charge is 0.484 e. The Balaban J connectivity index is 1.44. The van der Waals surface area contributed by atoms with Gasteiger partial charge < -0.3 is 10.1 Å². The van der Waals surface area contributed by atoms with E-state index in [1.807, 2.05) is 0 Å². The molecule has 4 rings (SSSR count). The summed E-state index contributed by atoms with van der Waals surface area (Å²) in [6.07, 6.45) is 1.29. The van der Waals surface area contributed by atoms with Crippen molar-refractivity contribution in [2.24, 2.45) is 0 Å². The summed E-state index contributed by atoms with van der Waals surface area (Å²) in [5.74, 6) is -1.83. The van der Waals surface area contributed by atoms with E-state index in [0.717, 1.165) is 12.1 Å². The van der Waals surface area contributed by atoms with Gasteiger partial charge in [0.05, 0.1) is 21.3 Å². The summed E-state index contributed by atoms with van der Waals surface area (Å²) in [7, 11) is 0. The number of carbonyl (C=O) groups excluding carboxylic acids is 4. The molecule has 1 fully saturated rings. The van der Waals surface area contributed by atoms with Gasteiger partial charge in [-0.15, -0.1) is 0 Å². The molecule has 0 unspecified atom stereocenters. The third-order valence-corrected chi connectivity index (χ3v) is 5.46. The maximum absolute atomic E-state index is 13.0. The summed E-state index contributed by atoms with van der Waals surface area (Å²) in [5.41, 5.74) is 0.431. The maximum Gasteiger partial charge on any atom is 0.335 e. The highest BCUT2D eigenvalue weighted by Crippen LogP contribution is 2.25. The van der Waals surface area contributed by atoms with Gasteiger partial charge in [-0.3, -0.25) is 29.8 Å². The first kappa shape index (κ1) is 25.1. The van der Waals surface area contributed by atoms with Crippen LogP contribution in [-0.4, -0.2) is 35.3 Å². The highest BCUT2D eigenvalue weighted by atomic mass is 35.5. The molecular weight excluding hydrogens is 504 g/mol. The minimum Gasteiger partial charge on any atom is -0.484 e. The number of imide groups is 2. The number of halogens is 1. The lowest BCUT2D eigenvalue weighted by Crippen LogP contribution is -2.54. The van der Waals surface area contributed by atoms with Crippen LogP contribution in [0, 0.1) is 10.1 Å². The average molecular weight is 521 g/mol. The van der Waals surface area contributed by atoms with E-state index in [-0.39, 0.29) is 23.6 Å². The molecule has 12 heteroatoms. The third-order valence-electron chi connectivity index (χ3n) is 5.13. The highest BCUT2D eigenvalue weighted by molar-refractivity contribution is 6.39. The van der Waals surface area contributed by atoms with Crippen molar-refractivity contribution in [1.29, 1.82) is 0 Å². The monoisotopic (exact) mass is 520 g/mol. The first-order valence-electron chi connectivity index (χ1n) is 10.7. The van der Waals surface area contributed by atoms with Gasteiger partial charge in [-0.25, -0.2) is 9.69 Å². The van der Waals surface area contributed by atoms with Gasteiger partial charge in [0, 0.05) is 12.1 Å². The Labute approximate surface area is 214 Å². The number of nitro benzene ring substituents is 1. The summed E-state index contributed by atoms with van der Waals surface area (Å²) in [4.78, 5) is 60.7. The normalized spacial score (nSPS) is 14.4. The number of anilines is 2. The van der Waals surface area contributed by atoms with Crippen LogP contribution < -0.4 is 20.3 Å². The molecule has 3 aromatic rings. The molecule has 0 atom stereocenters. The van der Waals surface area contributed by atoms with E-state index in [1.54, 1.807) is 48.5 Å². The zero-order chi connectivity index (χ0) is 26.5. The number of ether oxygens (including phenoxy) is 1. The first-order valence-corrected chi connectivity index (χ1v) is 11.0. The summed E-state index contributed by atoms with van der Waals surface area (Å²) in [6, 6.07) is 16.7. The van der Waals surface area contributed by atoms with Crippen molar-refractivity contribution in [2.45, 2.75) is 0 Å². The number of hydrogen-bond acceptors (Lipinski definition) is 7. The van der Waals surface area contributed by atoms with Gasteiger partial charge in [0.25, 0.3) is 23.4 Å².